The number of benzene rings is 2. The minimum absolute atomic E-state index is 0.107. The number of halogens is 2. The van der Waals surface area contributed by atoms with Gasteiger partial charge in [-0.05, 0) is 92.2 Å². The third kappa shape index (κ3) is 3.62. The normalized spacial score (nSPS) is 17.8. The highest BCUT2D eigenvalue weighted by molar-refractivity contribution is 9.11. The SMILES string of the molecule is Nc1ccc(C=C2CCC(=Cc3ccc(N)c(Br)c3)C2=O)cc1Br. The summed E-state index contributed by atoms with van der Waals surface area (Å²) >= 11 is 6.83. The average molecular weight is 448 g/mol. The highest BCUT2D eigenvalue weighted by Crippen LogP contribution is 2.31. The van der Waals surface area contributed by atoms with Crippen LogP contribution in [0.2, 0.25) is 0 Å². The number of allylic oxidation sites excluding steroid dienone is 2. The number of anilines is 2. The number of ketones is 1. The minimum Gasteiger partial charge on any atom is -0.398 e. The summed E-state index contributed by atoms with van der Waals surface area (Å²) in [6, 6.07) is 11.3. The standard InChI is InChI=1S/C19H16Br2N2O/c20-15-9-11(1-5-17(15)22)7-13-3-4-14(19(13)24)8-12-2-6-18(23)16(21)10-12/h1-2,5-10H,3-4,22-23H2. The smallest absolute Gasteiger partial charge is 0.185 e. The zero-order valence-electron chi connectivity index (χ0n) is 12.9. The number of carbonyl (C=O) groups excluding carboxylic acids is 1. The molecule has 1 aliphatic rings. The van der Waals surface area contributed by atoms with Crippen molar-refractivity contribution in [2.24, 2.45) is 0 Å². The molecule has 0 spiro atoms. The van der Waals surface area contributed by atoms with E-state index in [1.807, 2.05) is 48.6 Å². The molecule has 24 heavy (non-hydrogen) atoms. The maximum absolute atomic E-state index is 12.6. The molecule has 0 saturated heterocycles. The molecule has 3 nitrogen and oxygen atoms in total. The van der Waals surface area contributed by atoms with Crippen molar-refractivity contribution in [3.8, 4) is 0 Å². The van der Waals surface area contributed by atoms with Gasteiger partial charge < -0.3 is 11.5 Å². The molecule has 0 amide bonds. The highest BCUT2D eigenvalue weighted by atomic mass is 79.9. The number of hydrogen-bond donors (Lipinski definition) is 2. The molecule has 0 unspecified atom stereocenters. The summed E-state index contributed by atoms with van der Waals surface area (Å²) in [4.78, 5) is 12.6. The van der Waals surface area contributed by atoms with Gasteiger partial charge in [0.15, 0.2) is 5.78 Å². The number of Topliss-reactive ketones (excluding diaryl/α,β-unsaturated/α-hetero) is 1. The van der Waals surface area contributed by atoms with Crippen LogP contribution in [0.1, 0.15) is 24.0 Å². The lowest BCUT2D eigenvalue weighted by atomic mass is 10.1. The molecule has 4 N–H and O–H groups in total. The van der Waals surface area contributed by atoms with Gasteiger partial charge in [0.1, 0.15) is 0 Å². The molecule has 0 bridgehead atoms. The predicted molar refractivity (Wildman–Crippen MR) is 107 cm³/mol. The summed E-state index contributed by atoms with van der Waals surface area (Å²) in [5.41, 5.74) is 16.6. The Hall–Kier alpha value is -1.85. The molecule has 1 aliphatic carbocycles. The molecular formula is C19H16Br2N2O. The number of nitrogen functional groups attached to an aromatic ring is 2. The molecule has 1 saturated carbocycles. The van der Waals surface area contributed by atoms with Gasteiger partial charge in [-0.15, -0.1) is 0 Å². The number of nitrogens with two attached hydrogens (primary N) is 2. The molecule has 122 valence electrons. The van der Waals surface area contributed by atoms with Crippen LogP contribution in [0.5, 0.6) is 0 Å². The molecule has 2 aromatic carbocycles. The van der Waals surface area contributed by atoms with E-state index >= 15 is 0 Å². The van der Waals surface area contributed by atoms with Crippen molar-refractivity contribution < 1.29 is 4.79 Å². The van der Waals surface area contributed by atoms with Crippen LogP contribution >= 0.6 is 31.9 Å². The lowest BCUT2D eigenvalue weighted by molar-refractivity contribution is -0.111. The van der Waals surface area contributed by atoms with E-state index in [1.165, 1.54) is 0 Å². The van der Waals surface area contributed by atoms with E-state index in [1.54, 1.807) is 0 Å². The molecule has 3 rings (SSSR count). The van der Waals surface area contributed by atoms with Crippen molar-refractivity contribution in [3.05, 3.63) is 67.6 Å². The summed E-state index contributed by atoms with van der Waals surface area (Å²) in [7, 11) is 0. The molecule has 1 fully saturated rings. The largest absolute Gasteiger partial charge is 0.398 e. The zero-order valence-corrected chi connectivity index (χ0v) is 16.0. The van der Waals surface area contributed by atoms with Gasteiger partial charge in [0.2, 0.25) is 0 Å². The van der Waals surface area contributed by atoms with Gasteiger partial charge in [0, 0.05) is 31.5 Å². The van der Waals surface area contributed by atoms with Gasteiger partial charge in [0.05, 0.1) is 0 Å². The predicted octanol–water partition coefficient (Wildman–Crippen LogP) is 5.21. The Kier molecular flexibility index (Phi) is 4.92. The Labute approximate surface area is 157 Å². The molecule has 0 atom stereocenters. The number of carbonyl (C=O) groups is 1. The first-order valence-electron chi connectivity index (χ1n) is 7.50. The molecular weight excluding hydrogens is 432 g/mol. The molecule has 0 aromatic heterocycles. The second-order valence-corrected chi connectivity index (χ2v) is 7.44. The van der Waals surface area contributed by atoms with Crippen molar-refractivity contribution in [2.75, 3.05) is 11.5 Å². The topological polar surface area (TPSA) is 69.1 Å². The van der Waals surface area contributed by atoms with Gasteiger partial charge in [0.25, 0.3) is 0 Å². The fraction of sp³-hybridized carbons (Fsp3) is 0.105. The number of rotatable bonds is 2. The van der Waals surface area contributed by atoms with E-state index in [0.717, 1.165) is 44.1 Å². The van der Waals surface area contributed by atoms with E-state index in [0.29, 0.717) is 11.4 Å². The summed E-state index contributed by atoms with van der Waals surface area (Å²) in [6.07, 6.45) is 5.38. The monoisotopic (exact) mass is 446 g/mol. The van der Waals surface area contributed by atoms with Crippen molar-refractivity contribution in [2.45, 2.75) is 12.8 Å². The van der Waals surface area contributed by atoms with Gasteiger partial charge in [-0.25, -0.2) is 0 Å². The van der Waals surface area contributed by atoms with Crippen LogP contribution in [0.4, 0.5) is 11.4 Å². The van der Waals surface area contributed by atoms with Crippen molar-refractivity contribution in [1.82, 2.24) is 0 Å². The van der Waals surface area contributed by atoms with Gasteiger partial charge in [-0.2, -0.15) is 0 Å². The zero-order chi connectivity index (χ0) is 17.3. The Morgan fingerprint density at radius 1 is 0.792 bits per heavy atom. The highest BCUT2D eigenvalue weighted by Gasteiger charge is 2.23. The van der Waals surface area contributed by atoms with Crippen LogP contribution in [0.25, 0.3) is 12.2 Å². The van der Waals surface area contributed by atoms with E-state index < -0.39 is 0 Å². The Balaban J connectivity index is 1.86. The molecule has 0 radical (unpaired) electrons. The maximum atomic E-state index is 12.6. The first kappa shape index (κ1) is 17.0. The fourth-order valence-electron chi connectivity index (χ4n) is 2.65. The van der Waals surface area contributed by atoms with Crippen LogP contribution < -0.4 is 11.5 Å². The minimum atomic E-state index is 0.107. The second kappa shape index (κ2) is 6.95. The van der Waals surface area contributed by atoms with Crippen LogP contribution in [-0.4, -0.2) is 5.78 Å². The van der Waals surface area contributed by atoms with Crippen molar-refractivity contribution in [1.29, 1.82) is 0 Å². The molecule has 0 heterocycles. The van der Waals surface area contributed by atoms with Crippen LogP contribution in [0, 0.1) is 0 Å². The first-order valence-corrected chi connectivity index (χ1v) is 9.08. The van der Waals surface area contributed by atoms with Gasteiger partial charge >= 0.3 is 0 Å². The van der Waals surface area contributed by atoms with E-state index in [2.05, 4.69) is 31.9 Å². The third-order valence-corrected chi connectivity index (χ3v) is 5.35. The third-order valence-electron chi connectivity index (χ3n) is 3.98. The summed E-state index contributed by atoms with van der Waals surface area (Å²) in [5.74, 6) is 0.107. The van der Waals surface area contributed by atoms with E-state index in [-0.39, 0.29) is 5.78 Å². The maximum Gasteiger partial charge on any atom is 0.185 e. The first-order chi connectivity index (χ1) is 11.4. The van der Waals surface area contributed by atoms with E-state index in [4.69, 9.17) is 11.5 Å². The summed E-state index contributed by atoms with van der Waals surface area (Å²) in [5, 5.41) is 0. The van der Waals surface area contributed by atoms with Crippen LogP contribution in [0.3, 0.4) is 0 Å². The summed E-state index contributed by atoms with van der Waals surface area (Å²) < 4.78 is 1.68. The van der Waals surface area contributed by atoms with Gasteiger partial charge in [-0.1, -0.05) is 12.1 Å². The van der Waals surface area contributed by atoms with Crippen LogP contribution in [-0.2, 0) is 4.79 Å². The van der Waals surface area contributed by atoms with Gasteiger partial charge in [-0.3, -0.25) is 4.79 Å². The molecule has 5 heteroatoms. The Morgan fingerprint density at radius 2 is 1.21 bits per heavy atom. The quantitative estimate of drug-likeness (QED) is 0.490. The van der Waals surface area contributed by atoms with Crippen LogP contribution in [0.15, 0.2) is 56.5 Å². The van der Waals surface area contributed by atoms with Crippen molar-refractivity contribution in [3.63, 3.8) is 0 Å². The number of hydrogen-bond acceptors (Lipinski definition) is 3. The molecule has 2 aromatic rings. The lowest BCUT2D eigenvalue weighted by Crippen LogP contribution is -1.96. The average Bonchev–Trinajstić information content (AvgIpc) is 2.88. The fourth-order valence-corrected chi connectivity index (χ4v) is 3.44. The van der Waals surface area contributed by atoms with E-state index in [9.17, 15) is 4.79 Å². The Morgan fingerprint density at radius 3 is 1.58 bits per heavy atom. The van der Waals surface area contributed by atoms with Crippen molar-refractivity contribution >= 4 is 61.2 Å². The molecule has 0 aliphatic heterocycles. The lowest BCUT2D eigenvalue weighted by Gasteiger charge is -2.02. The Bertz CT molecular complexity index is 813. The second-order valence-electron chi connectivity index (χ2n) is 5.73. The summed E-state index contributed by atoms with van der Waals surface area (Å²) in [6.45, 7) is 0.